The molecule has 0 spiro atoms. The smallest absolute Gasteiger partial charge is 0.0234 e. The molecule has 0 N–H and O–H groups in total. The maximum atomic E-state index is 2.20. The largest absolute Gasteiger partial charge is 0.0622 e. The lowest BCUT2D eigenvalue weighted by atomic mass is 10.2. The van der Waals surface area contributed by atoms with Crippen molar-refractivity contribution in [3.8, 4) is 0 Å². The zero-order valence-corrected chi connectivity index (χ0v) is 8.23. The van der Waals surface area contributed by atoms with Gasteiger partial charge in [0.25, 0.3) is 0 Å². The van der Waals surface area contributed by atoms with E-state index < -0.39 is 0 Å². The minimum atomic E-state index is 1.24. The van der Waals surface area contributed by atoms with Gasteiger partial charge in [-0.25, -0.2) is 0 Å². The molecule has 0 unspecified atom stereocenters. The highest BCUT2D eigenvalue weighted by atomic mass is 127. The van der Waals surface area contributed by atoms with Crippen LogP contribution in [0.2, 0.25) is 0 Å². The predicted molar refractivity (Wildman–Crippen MR) is 58.6 cm³/mol. The van der Waals surface area contributed by atoms with Crippen molar-refractivity contribution in [2.24, 2.45) is 0 Å². The molecule has 1 rings (SSSR count). The van der Waals surface area contributed by atoms with Crippen molar-refractivity contribution in [1.29, 1.82) is 0 Å². The summed E-state index contributed by atoms with van der Waals surface area (Å²) in [6.45, 7) is 0. The molecular weight excluding hydrogens is 247 g/mol. The highest BCUT2D eigenvalue weighted by Gasteiger charge is 1.78. The van der Waals surface area contributed by atoms with Crippen molar-refractivity contribution in [3.63, 3.8) is 0 Å². The van der Waals surface area contributed by atoms with Crippen LogP contribution < -0.4 is 0 Å². The fraction of sp³-hybridized carbons (Fsp3) is 0. The fourth-order valence-corrected chi connectivity index (χ4v) is 1.01. The van der Waals surface area contributed by atoms with Crippen LogP contribution in [0.5, 0.6) is 0 Å². The Kier molecular flexibility index (Phi) is 3.98. The zero-order valence-electron chi connectivity index (χ0n) is 6.07. The first-order valence-electron chi connectivity index (χ1n) is 3.42. The second-order valence-electron chi connectivity index (χ2n) is 2.09. The number of benzene rings is 1. The Morgan fingerprint density at radius 1 is 1.00 bits per heavy atom. The molecule has 0 atom stereocenters. The summed E-state index contributed by atoms with van der Waals surface area (Å²) in [4.78, 5) is 0. The Morgan fingerprint density at radius 2 is 1.73 bits per heavy atom. The van der Waals surface area contributed by atoms with Crippen LogP contribution in [0.3, 0.4) is 0 Å². The van der Waals surface area contributed by atoms with E-state index in [1.165, 1.54) is 5.56 Å². The van der Waals surface area contributed by atoms with Gasteiger partial charge in [0.1, 0.15) is 0 Å². The van der Waals surface area contributed by atoms with Gasteiger partial charge in [0.05, 0.1) is 0 Å². The third-order valence-corrected chi connectivity index (χ3v) is 1.69. The molecule has 1 heteroatoms. The summed E-state index contributed by atoms with van der Waals surface area (Å²) in [6, 6.07) is 10.3. The average Bonchev–Trinajstić information content (AvgIpc) is 2.07. The van der Waals surface area contributed by atoms with E-state index in [4.69, 9.17) is 0 Å². The van der Waals surface area contributed by atoms with Crippen LogP contribution in [-0.2, 0) is 0 Å². The first-order valence-corrected chi connectivity index (χ1v) is 4.66. The molecule has 0 saturated carbocycles. The third-order valence-electron chi connectivity index (χ3n) is 1.27. The summed E-state index contributed by atoms with van der Waals surface area (Å²) in [6.07, 6.45) is 6.12. The van der Waals surface area contributed by atoms with Crippen molar-refractivity contribution in [2.45, 2.75) is 0 Å². The van der Waals surface area contributed by atoms with Crippen molar-refractivity contribution in [1.82, 2.24) is 0 Å². The van der Waals surface area contributed by atoms with Gasteiger partial charge in [0, 0.05) is 0 Å². The molecular formula is C10H9I. The van der Waals surface area contributed by atoms with Gasteiger partial charge in [0.2, 0.25) is 0 Å². The zero-order chi connectivity index (χ0) is 7.94. The summed E-state index contributed by atoms with van der Waals surface area (Å²) in [7, 11) is 0. The SMILES string of the molecule is I/C=C/C=C\c1ccccc1. The Balaban J connectivity index is 2.64. The van der Waals surface area contributed by atoms with Crippen molar-refractivity contribution < 1.29 is 0 Å². The fourth-order valence-electron chi connectivity index (χ4n) is 0.773. The van der Waals surface area contributed by atoms with Crippen LogP contribution in [0, 0.1) is 0 Å². The summed E-state index contributed by atoms with van der Waals surface area (Å²) in [5.41, 5.74) is 1.24. The van der Waals surface area contributed by atoms with Gasteiger partial charge in [-0.05, 0) is 9.65 Å². The molecule has 0 aliphatic carbocycles. The van der Waals surface area contributed by atoms with Gasteiger partial charge in [-0.15, -0.1) is 0 Å². The standard InChI is InChI=1S/C10H9I/c11-9-5-4-8-10-6-2-1-3-7-10/h1-9H/b8-4-,9-5+. The molecule has 11 heavy (non-hydrogen) atoms. The Hall–Kier alpha value is -0.570. The van der Waals surface area contributed by atoms with Gasteiger partial charge in [-0.3, -0.25) is 0 Å². The molecule has 0 bridgehead atoms. The molecule has 1 aromatic carbocycles. The minimum absolute atomic E-state index is 1.24. The van der Waals surface area contributed by atoms with Gasteiger partial charge >= 0.3 is 0 Å². The molecule has 0 saturated heterocycles. The highest BCUT2D eigenvalue weighted by Crippen LogP contribution is 2.00. The van der Waals surface area contributed by atoms with Crippen LogP contribution in [0.1, 0.15) is 5.56 Å². The third kappa shape index (κ3) is 3.37. The number of rotatable bonds is 2. The normalized spacial score (nSPS) is 11.4. The van der Waals surface area contributed by atoms with E-state index in [1.807, 2.05) is 34.4 Å². The lowest BCUT2D eigenvalue weighted by molar-refractivity contribution is 1.66. The van der Waals surface area contributed by atoms with Gasteiger partial charge in [-0.2, -0.15) is 0 Å². The van der Waals surface area contributed by atoms with E-state index >= 15 is 0 Å². The Bertz CT molecular complexity index is 247. The van der Waals surface area contributed by atoms with Crippen molar-refractivity contribution in [3.05, 3.63) is 52.1 Å². The van der Waals surface area contributed by atoms with Crippen LogP contribution in [-0.4, -0.2) is 0 Å². The second-order valence-corrected chi connectivity index (χ2v) is 2.81. The van der Waals surface area contributed by atoms with E-state index in [2.05, 4.69) is 40.8 Å². The van der Waals surface area contributed by atoms with Gasteiger partial charge in [0.15, 0.2) is 0 Å². The van der Waals surface area contributed by atoms with E-state index in [0.29, 0.717) is 0 Å². The highest BCUT2D eigenvalue weighted by molar-refractivity contribution is 14.1. The first-order chi connectivity index (χ1) is 5.43. The molecule has 0 aliphatic heterocycles. The molecule has 0 nitrogen and oxygen atoms in total. The summed E-state index contributed by atoms with van der Waals surface area (Å²) >= 11 is 2.20. The lowest BCUT2D eigenvalue weighted by Crippen LogP contribution is -1.65. The average molecular weight is 256 g/mol. The van der Waals surface area contributed by atoms with Crippen molar-refractivity contribution in [2.75, 3.05) is 0 Å². The monoisotopic (exact) mass is 256 g/mol. The Morgan fingerprint density at radius 3 is 2.36 bits per heavy atom. The van der Waals surface area contributed by atoms with E-state index in [-0.39, 0.29) is 0 Å². The molecule has 0 aliphatic rings. The first kappa shape index (κ1) is 8.53. The van der Waals surface area contributed by atoms with Crippen LogP contribution >= 0.6 is 22.6 Å². The number of halogens is 1. The molecule has 0 aromatic heterocycles. The quantitative estimate of drug-likeness (QED) is 0.559. The number of hydrogen-bond acceptors (Lipinski definition) is 0. The maximum Gasteiger partial charge on any atom is -0.0234 e. The topological polar surface area (TPSA) is 0 Å². The molecule has 0 amide bonds. The van der Waals surface area contributed by atoms with Gasteiger partial charge < -0.3 is 0 Å². The summed E-state index contributed by atoms with van der Waals surface area (Å²) in [5.74, 6) is 0. The molecule has 56 valence electrons. The minimum Gasteiger partial charge on any atom is -0.0622 e. The van der Waals surface area contributed by atoms with E-state index in [9.17, 15) is 0 Å². The summed E-state index contributed by atoms with van der Waals surface area (Å²) < 4.78 is 1.98. The predicted octanol–water partition coefficient (Wildman–Crippen LogP) is 3.65. The van der Waals surface area contributed by atoms with Crippen molar-refractivity contribution >= 4 is 28.7 Å². The van der Waals surface area contributed by atoms with Crippen LogP contribution in [0.4, 0.5) is 0 Å². The van der Waals surface area contributed by atoms with E-state index in [0.717, 1.165) is 0 Å². The van der Waals surface area contributed by atoms with Crippen LogP contribution in [0.25, 0.3) is 6.08 Å². The maximum absolute atomic E-state index is 2.20. The Labute approximate surface area is 80.8 Å². The molecule has 0 heterocycles. The number of allylic oxidation sites excluding steroid dienone is 2. The summed E-state index contributed by atoms with van der Waals surface area (Å²) in [5, 5.41) is 0. The molecule has 1 aromatic rings. The number of hydrogen-bond donors (Lipinski definition) is 0. The molecule has 0 radical (unpaired) electrons. The van der Waals surface area contributed by atoms with E-state index in [1.54, 1.807) is 0 Å². The lowest BCUT2D eigenvalue weighted by Gasteiger charge is -1.87. The molecule has 0 fully saturated rings. The van der Waals surface area contributed by atoms with Crippen LogP contribution in [0.15, 0.2) is 46.6 Å². The second kappa shape index (κ2) is 5.13. The van der Waals surface area contributed by atoms with Gasteiger partial charge in [-0.1, -0.05) is 71.2 Å².